The molecule has 0 bridgehead atoms. The smallest absolute Gasteiger partial charge is 0.227 e. The summed E-state index contributed by atoms with van der Waals surface area (Å²) in [7, 11) is 0. The lowest BCUT2D eigenvalue weighted by molar-refractivity contribution is -0.134. The molecule has 4 rings (SSSR count). The normalized spacial score (nSPS) is 18.5. The van der Waals surface area contributed by atoms with Gasteiger partial charge < -0.3 is 25.0 Å². The van der Waals surface area contributed by atoms with Gasteiger partial charge in [0.05, 0.1) is 37.1 Å². The van der Waals surface area contributed by atoms with Crippen LogP contribution in [0.2, 0.25) is 0 Å². The van der Waals surface area contributed by atoms with Crippen molar-refractivity contribution in [3.63, 3.8) is 0 Å². The molecule has 2 aromatic carbocycles. The number of carbonyl (C=O) groups is 3. The molecule has 43 heavy (non-hydrogen) atoms. The van der Waals surface area contributed by atoms with Gasteiger partial charge in [0.1, 0.15) is 0 Å². The number of hydrogen-bond acceptors (Lipinski definition) is 5. The summed E-state index contributed by atoms with van der Waals surface area (Å²) in [4.78, 5) is 42.0. The van der Waals surface area contributed by atoms with Crippen molar-refractivity contribution < 1.29 is 24.2 Å². The first-order valence-corrected chi connectivity index (χ1v) is 15.8. The Morgan fingerprint density at radius 3 is 2.37 bits per heavy atom. The van der Waals surface area contributed by atoms with Crippen LogP contribution >= 0.6 is 0 Å². The number of likely N-dealkylation sites (tertiary alicyclic amines) is 1. The number of β-amino-alcohol motifs (C(OH)–C–C–N with tert-alkyl or cyclic N) is 1. The number of aliphatic hydroxyl groups is 1. The van der Waals surface area contributed by atoms with E-state index in [2.05, 4.69) is 29.6 Å². The summed E-state index contributed by atoms with van der Waals surface area (Å²) >= 11 is 0. The van der Waals surface area contributed by atoms with E-state index in [0.29, 0.717) is 64.8 Å². The quantitative estimate of drug-likeness (QED) is 0.291. The van der Waals surface area contributed by atoms with Crippen LogP contribution in [-0.2, 0) is 25.7 Å². The number of nitrogens with one attached hydrogen (secondary N) is 1. The maximum Gasteiger partial charge on any atom is 0.227 e. The first-order chi connectivity index (χ1) is 20.8. The molecule has 2 aromatic rings. The highest BCUT2D eigenvalue weighted by Crippen LogP contribution is 2.29. The summed E-state index contributed by atoms with van der Waals surface area (Å²) in [6.45, 7) is 5.87. The molecule has 0 unspecified atom stereocenters. The lowest BCUT2D eigenvalue weighted by Crippen LogP contribution is -2.39. The largest absolute Gasteiger partial charge is 0.391 e. The third kappa shape index (κ3) is 9.76. The lowest BCUT2D eigenvalue weighted by Gasteiger charge is -2.27. The van der Waals surface area contributed by atoms with Crippen molar-refractivity contribution in [3.8, 4) is 0 Å². The fraction of sp³-hybridized carbons (Fsp3) is 0.514. The van der Waals surface area contributed by atoms with Crippen LogP contribution in [0, 0.1) is 0 Å². The molecule has 8 heteroatoms. The highest BCUT2D eigenvalue weighted by atomic mass is 16.5. The number of anilines is 1. The molecule has 2 aliphatic heterocycles. The number of aliphatic hydroxyl groups excluding tert-OH is 1. The highest BCUT2D eigenvalue weighted by molar-refractivity contribution is 5.97. The van der Waals surface area contributed by atoms with Gasteiger partial charge in [-0.15, -0.1) is 0 Å². The number of unbranched alkanes of at least 4 members (excludes halogenated alkanes) is 3. The SMILES string of the molecule is CC(C)OC[C@@H]1C[C@@H](O)CN1C(=O)CCCCCNC(=O)CCCCC(=O)N1Cc2ccccc2/C=C\c2ccccc21. The van der Waals surface area contributed by atoms with Crippen LogP contribution in [0.3, 0.4) is 0 Å². The van der Waals surface area contributed by atoms with E-state index in [4.69, 9.17) is 4.74 Å². The second-order valence-electron chi connectivity index (χ2n) is 11.9. The van der Waals surface area contributed by atoms with Crippen LogP contribution in [0.4, 0.5) is 5.69 Å². The summed E-state index contributed by atoms with van der Waals surface area (Å²) in [5.74, 6) is 0.125. The van der Waals surface area contributed by atoms with Gasteiger partial charge in [-0.25, -0.2) is 0 Å². The van der Waals surface area contributed by atoms with Crippen molar-refractivity contribution in [1.29, 1.82) is 0 Å². The summed E-state index contributed by atoms with van der Waals surface area (Å²) < 4.78 is 5.68. The number of amides is 3. The predicted octanol–water partition coefficient (Wildman–Crippen LogP) is 5.33. The van der Waals surface area contributed by atoms with E-state index in [1.165, 1.54) is 0 Å². The van der Waals surface area contributed by atoms with Crippen LogP contribution in [0.1, 0.15) is 88.3 Å². The van der Waals surface area contributed by atoms with Gasteiger partial charge in [-0.05, 0) is 68.7 Å². The molecule has 1 fully saturated rings. The van der Waals surface area contributed by atoms with Crippen molar-refractivity contribution in [2.45, 2.75) is 96.4 Å². The molecule has 2 aliphatic rings. The minimum Gasteiger partial charge on any atom is -0.391 e. The summed E-state index contributed by atoms with van der Waals surface area (Å²) in [6.07, 6.45) is 9.28. The van der Waals surface area contributed by atoms with Gasteiger partial charge in [0.2, 0.25) is 17.7 Å². The number of fused-ring (bicyclic) bond motifs is 2. The van der Waals surface area contributed by atoms with Crippen LogP contribution in [-0.4, -0.2) is 65.7 Å². The molecule has 1 saturated heterocycles. The van der Waals surface area contributed by atoms with Crippen molar-refractivity contribution >= 4 is 35.6 Å². The molecule has 0 radical (unpaired) electrons. The molecule has 2 heterocycles. The van der Waals surface area contributed by atoms with Gasteiger partial charge in [0.15, 0.2) is 0 Å². The van der Waals surface area contributed by atoms with Crippen molar-refractivity contribution in [2.75, 3.05) is 24.6 Å². The van der Waals surface area contributed by atoms with Crippen LogP contribution in [0.5, 0.6) is 0 Å². The van der Waals surface area contributed by atoms with Gasteiger partial charge in [0.25, 0.3) is 0 Å². The first-order valence-electron chi connectivity index (χ1n) is 15.8. The minimum atomic E-state index is -0.483. The fourth-order valence-corrected chi connectivity index (χ4v) is 5.77. The number of para-hydroxylation sites is 1. The average molecular weight is 590 g/mol. The zero-order chi connectivity index (χ0) is 30.6. The third-order valence-corrected chi connectivity index (χ3v) is 8.12. The van der Waals surface area contributed by atoms with Crippen molar-refractivity contribution in [2.24, 2.45) is 0 Å². The molecule has 0 saturated carbocycles. The molecule has 0 aromatic heterocycles. The number of nitrogens with zero attached hydrogens (tertiary/aromatic N) is 2. The Morgan fingerprint density at radius 1 is 0.884 bits per heavy atom. The maximum atomic E-state index is 13.3. The zero-order valence-electron chi connectivity index (χ0n) is 25.7. The van der Waals surface area contributed by atoms with Gasteiger partial charge >= 0.3 is 0 Å². The number of rotatable bonds is 14. The van der Waals surface area contributed by atoms with Crippen LogP contribution < -0.4 is 10.2 Å². The van der Waals surface area contributed by atoms with E-state index in [-0.39, 0.29) is 29.9 Å². The molecule has 232 valence electrons. The first kappa shape index (κ1) is 32.4. The van der Waals surface area contributed by atoms with E-state index in [0.717, 1.165) is 41.6 Å². The Labute approximate surface area is 256 Å². The molecular formula is C35H47N3O5. The van der Waals surface area contributed by atoms with E-state index in [1.54, 1.807) is 4.90 Å². The Kier molecular flexibility index (Phi) is 12.4. The van der Waals surface area contributed by atoms with Crippen LogP contribution in [0.25, 0.3) is 12.2 Å². The standard InChI is InChI=1S/C35H47N3O5/c1-26(2)43-25-30-22-31(39)24-37(30)34(41)17-4-3-11-21-36-33(40)16-9-10-18-35(42)38-23-29-14-6-5-12-27(29)19-20-28-13-7-8-15-32(28)38/h5-8,12-15,19-20,26,30-31,39H,3-4,9-11,16-18,21-25H2,1-2H3,(H,36,40)/b20-19-/t30-,31+/m0/s1. The van der Waals surface area contributed by atoms with Gasteiger partial charge in [-0.2, -0.15) is 0 Å². The summed E-state index contributed by atoms with van der Waals surface area (Å²) in [5.41, 5.74) is 4.16. The highest BCUT2D eigenvalue weighted by Gasteiger charge is 2.34. The maximum absolute atomic E-state index is 13.3. The second kappa shape index (κ2) is 16.4. The second-order valence-corrected chi connectivity index (χ2v) is 11.9. The number of benzene rings is 2. The van der Waals surface area contributed by atoms with Gasteiger partial charge in [0, 0.05) is 32.4 Å². The zero-order valence-corrected chi connectivity index (χ0v) is 25.7. The molecule has 0 spiro atoms. The Balaban J connectivity index is 1.11. The molecule has 0 aliphatic carbocycles. The van der Waals surface area contributed by atoms with E-state index in [1.807, 2.05) is 55.1 Å². The Bertz CT molecular complexity index is 1260. The van der Waals surface area contributed by atoms with E-state index in [9.17, 15) is 19.5 Å². The topological polar surface area (TPSA) is 99.2 Å². The van der Waals surface area contributed by atoms with Crippen LogP contribution in [0.15, 0.2) is 48.5 Å². The Morgan fingerprint density at radius 2 is 1.56 bits per heavy atom. The molecule has 8 nitrogen and oxygen atoms in total. The van der Waals surface area contributed by atoms with E-state index >= 15 is 0 Å². The molecule has 2 N–H and O–H groups in total. The lowest BCUT2D eigenvalue weighted by atomic mass is 10.0. The summed E-state index contributed by atoms with van der Waals surface area (Å²) in [6, 6.07) is 16.1. The Hall–Kier alpha value is -3.49. The van der Waals surface area contributed by atoms with Gasteiger partial charge in [-0.1, -0.05) is 61.0 Å². The van der Waals surface area contributed by atoms with Gasteiger partial charge in [-0.3, -0.25) is 14.4 Å². The number of carbonyl (C=O) groups excluding carboxylic acids is 3. The van der Waals surface area contributed by atoms with Crippen molar-refractivity contribution in [3.05, 3.63) is 65.2 Å². The average Bonchev–Trinajstić information content (AvgIpc) is 3.37. The van der Waals surface area contributed by atoms with Crippen molar-refractivity contribution in [1.82, 2.24) is 10.2 Å². The minimum absolute atomic E-state index is 0.00163. The molecular weight excluding hydrogens is 542 g/mol. The molecule has 3 amide bonds. The van der Waals surface area contributed by atoms with E-state index < -0.39 is 6.10 Å². The third-order valence-electron chi connectivity index (χ3n) is 8.12. The number of hydrogen-bond donors (Lipinski definition) is 2. The molecule has 2 atom stereocenters. The fourth-order valence-electron chi connectivity index (χ4n) is 5.77. The predicted molar refractivity (Wildman–Crippen MR) is 170 cm³/mol. The number of ether oxygens (including phenoxy) is 1. The monoisotopic (exact) mass is 589 g/mol. The summed E-state index contributed by atoms with van der Waals surface area (Å²) in [5, 5.41) is 13.0.